The summed E-state index contributed by atoms with van der Waals surface area (Å²) < 4.78 is 5.48. The first kappa shape index (κ1) is 15.4. The van der Waals surface area contributed by atoms with Gasteiger partial charge < -0.3 is 9.64 Å². The number of rotatable bonds is 5. The monoisotopic (exact) mass is 303 g/mol. The van der Waals surface area contributed by atoms with Crippen molar-refractivity contribution in [2.45, 2.75) is 13.0 Å². The summed E-state index contributed by atoms with van der Waals surface area (Å²) in [6.45, 7) is 2.00. The Kier molecular flexibility index (Phi) is 5.23. The number of halogens is 1. The molecule has 2 aromatic carbocycles. The summed E-state index contributed by atoms with van der Waals surface area (Å²) in [6, 6.07) is 16.8. The maximum absolute atomic E-state index is 12.2. The lowest BCUT2D eigenvalue weighted by molar-refractivity contribution is -0.134. The quantitative estimate of drug-likeness (QED) is 0.837. The van der Waals surface area contributed by atoms with Gasteiger partial charge in [-0.25, -0.2) is 0 Å². The van der Waals surface area contributed by atoms with Gasteiger partial charge in [-0.2, -0.15) is 0 Å². The van der Waals surface area contributed by atoms with Gasteiger partial charge in [0.05, 0.1) is 6.04 Å². The van der Waals surface area contributed by atoms with E-state index < -0.39 is 0 Å². The van der Waals surface area contributed by atoms with E-state index in [4.69, 9.17) is 16.3 Å². The van der Waals surface area contributed by atoms with Crippen LogP contribution in [0.3, 0.4) is 0 Å². The highest BCUT2D eigenvalue weighted by Crippen LogP contribution is 2.21. The Labute approximate surface area is 130 Å². The number of carbonyl (C=O) groups is 1. The number of likely N-dealkylation sites (N-methyl/N-ethyl adjacent to an activating group) is 1. The molecule has 0 aliphatic heterocycles. The van der Waals surface area contributed by atoms with E-state index in [2.05, 4.69) is 0 Å². The van der Waals surface area contributed by atoms with Gasteiger partial charge >= 0.3 is 0 Å². The van der Waals surface area contributed by atoms with Gasteiger partial charge in [-0.15, -0.1) is 0 Å². The SMILES string of the molecule is CC(c1ccc(Cl)cc1)N(C)C(=O)COc1ccccc1. The number of ether oxygens (including phenoxy) is 1. The average Bonchev–Trinajstić information content (AvgIpc) is 2.53. The van der Waals surface area contributed by atoms with Crippen LogP contribution in [0.15, 0.2) is 54.6 Å². The van der Waals surface area contributed by atoms with Crippen LogP contribution in [0.2, 0.25) is 5.02 Å². The van der Waals surface area contributed by atoms with Crippen LogP contribution >= 0.6 is 11.6 Å². The molecular weight excluding hydrogens is 286 g/mol. The van der Waals surface area contributed by atoms with Crippen LogP contribution in [0.25, 0.3) is 0 Å². The molecule has 0 N–H and O–H groups in total. The van der Waals surface area contributed by atoms with Crippen molar-refractivity contribution < 1.29 is 9.53 Å². The lowest BCUT2D eigenvalue weighted by atomic mass is 10.1. The molecule has 21 heavy (non-hydrogen) atoms. The molecule has 2 rings (SSSR count). The molecule has 1 amide bonds. The van der Waals surface area contributed by atoms with Crippen LogP contribution in [-0.4, -0.2) is 24.5 Å². The standard InChI is InChI=1S/C17H18ClNO2/c1-13(14-8-10-15(18)11-9-14)19(2)17(20)12-21-16-6-4-3-5-7-16/h3-11,13H,12H2,1-2H3. The van der Waals surface area contributed by atoms with Crippen molar-refractivity contribution in [3.63, 3.8) is 0 Å². The maximum Gasteiger partial charge on any atom is 0.260 e. The summed E-state index contributed by atoms with van der Waals surface area (Å²) >= 11 is 5.88. The fourth-order valence-electron chi connectivity index (χ4n) is 1.94. The predicted molar refractivity (Wildman–Crippen MR) is 84.6 cm³/mol. The van der Waals surface area contributed by atoms with Crippen molar-refractivity contribution >= 4 is 17.5 Å². The molecule has 0 aromatic heterocycles. The van der Waals surface area contributed by atoms with E-state index in [1.165, 1.54) is 0 Å². The van der Waals surface area contributed by atoms with Crippen LogP contribution < -0.4 is 4.74 Å². The molecule has 0 saturated heterocycles. The van der Waals surface area contributed by atoms with Gasteiger partial charge in [0.25, 0.3) is 5.91 Å². The van der Waals surface area contributed by atoms with Crippen molar-refractivity contribution in [2.75, 3.05) is 13.7 Å². The average molecular weight is 304 g/mol. The minimum atomic E-state index is -0.0682. The fraction of sp³-hybridized carbons (Fsp3) is 0.235. The zero-order valence-electron chi connectivity index (χ0n) is 12.1. The molecule has 0 heterocycles. The molecule has 110 valence electrons. The largest absolute Gasteiger partial charge is 0.484 e. The molecule has 1 atom stereocenters. The van der Waals surface area contributed by atoms with Gasteiger partial charge in [-0.05, 0) is 36.8 Å². The third kappa shape index (κ3) is 4.23. The molecule has 0 saturated carbocycles. The number of hydrogen-bond donors (Lipinski definition) is 0. The van der Waals surface area contributed by atoms with E-state index in [0.717, 1.165) is 5.56 Å². The molecule has 3 nitrogen and oxygen atoms in total. The van der Waals surface area contributed by atoms with Crippen LogP contribution in [0.1, 0.15) is 18.5 Å². The van der Waals surface area contributed by atoms with Crippen LogP contribution in [0, 0.1) is 0 Å². The molecule has 0 bridgehead atoms. The highest BCUT2D eigenvalue weighted by Gasteiger charge is 2.17. The Morgan fingerprint density at radius 3 is 2.38 bits per heavy atom. The molecular formula is C17H18ClNO2. The van der Waals surface area contributed by atoms with E-state index in [9.17, 15) is 4.79 Å². The lowest BCUT2D eigenvalue weighted by Gasteiger charge is -2.25. The van der Waals surface area contributed by atoms with Gasteiger partial charge in [-0.3, -0.25) is 4.79 Å². The Bertz CT molecular complexity index is 583. The Balaban J connectivity index is 1.94. The lowest BCUT2D eigenvalue weighted by Crippen LogP contribution is -2.33. The van der Waals surface area contributed by atoms with Gasteiger partial charge in [-0.1, -0.05) is 41.9 Å². The van der Waals surface area contributed by atoms with Crippen molar-refractivity contribution in [3.05, 3.63) is 65.2 Å². The number of hydrogen-bond acceptors (Lipinski definition) is 2. The molecule has 2 aromatic rings. The summed E-state index contributed by atoms with van der Waals surface area (Å²) in [5.41, 5.74) is 1.04. The van der Waals surface area contributed by atoms with Gasteiger partial charge in [0, 0.05) is 12.1 Å². The second-order valence-electron chi connectivity index (χ2n) is 4.83. The molecule has 0 aliphatic carbocycles. The van der Waals surface area contributed by atoms with Crippen LogP contribution in [-0.2, 0) is 4.79 Å². The smallest absolute Gasteiger partial charge is 0.260 e. The normalized spacial score (nSPS) is 11.8. The van der Waals surface area contributed by atoms with Crippen LogP contribution in [0.5, 0.6) is 5.75 Å². The number of carbonyl (C=O) groups excluding carboxylic acids is 1. The first-order valence-corrected chi connectivity index (χ1v) is 7.14. The van der Waals surface area contributed by atoms with Crippen molar-refractivity contribution in [2.24, 2.45) is 0 Å². The van der Waals surface area contributed by atoms with Crippen molar-refractivity contribution in [3.8, 4) is 5.75 Å². The number of benzene rings is 2. The molecule has 0 spiro atoms. The van der Waals surface area contributed by atoms with E-state index >= 15 is 0 Å². The highest BCUT2D eigenvalue weighted by atomic mass is 35.5. The molecule has 0 radical (unpaired) electrons. The van der Waals surface area contributed by atoms with E-state index in [0.29, 0.717) is 10.8 Å². The first-order chi connectivity index (χ1) is 10.1. The first-order valence-electron chi connectivity index (χ1n) is 6.77. The Morgan fingerprint density at radius 2 is 1.76 bits per heavy atom. The molecule has 0 fully saturated rings. The second kappa shape index (κ2) is 7.14. The zero-order valence-corrected chi connectivity index (χ0v) is 12.9. The Hall–Kier alpha value is -2.00. The van der Waals surface area contributed by atoms with Crippen molar-refractivity contribution in [1.29, 1.82) is 0 Å². The zero-order chi connectivity index (χ0) is 15.2. The maximum atomic E-state index is 12.2. The molecule has 4 heteroatoms. The molecule has 0 aliphatic rings. The second-order valence-corrected chi connectivity index (χ2v) is 5.27. The summed E-state index contributed by atoms with van der Waals surface area (Å²) in [6.07, 6.45) is 0. The van der Waals surface area contributed by atoms with Gasteiger partial charge in [0.15, 0.2) is 6.61 Å². The van der Waals surface area contributed by atoms with Gasteiger partial charge in [0.2, 0.25) is 0 Å². The summed E-state index contributed by atoms with van der Waals surface area (Å²) in [7, 11) is 1.77. The summed E-state index contributed by atoms with van der Waals surface area (Å²) in [4.78, 5) is 13.8. The van der Waals surface area contributed by atoms with Gasteiger partial charge in [0.1, 0.15) is 5.75 Å². The minimum Gasteiger partial charge on any atom is -0.484 e. The van der Waals surface area contributed by atoms with Crippen molar-refractivity contribution in [1.82, 2.24) is 4.90 Å². The Morgan fingerprint density at radius 1 is 1.14 bits per heavy atom. The summed E-state index contributed by atoms with van der Waals surface area (Å²) in [5.74, 6) is 0.625. The van der Waals surface area contributed by atoms with E-state index in [-0.39, 0.29) is 18.6 Å². The number of para-hydroxylation sites is 1. The highest BCUT2D eigenvalue weighted by molar-refractivity contribution is 6.30. The number of amides is 1. The summed E-state index contributed by atoms with van der Waals surface area (Å²) in [5, 5.41) is 0.687. The third-order valence-corrected chi connectivity index (χ3v) is 3.68. The minimum absolute atomic E-state index is 0.0262. The van der Waals surface area contributed by atoms with Crippen LogP contribution in [0.4, 0.5) is 0 Å². The topological polar surface area (TPSA) is 29.5 Å². The fourth-order valence-corrected chi connectivity index (χ4v) is 2.07. The third-order valence-electron chi connectivity index (χ3n) is 3.43. The number of nitrogens with zero attached hydrogens (tertiary/aromatic N) is 1. The predicted octanol–water partition coefficient (Wildman–Crippen LogP) is 3.94. The van der Waals surface area contributed by atoms with E-state index in [1.807, 2.05) is 61.5 Å². The van der Waals surface area contributed by atoms with E-state index in [1.54, 1.807) is 11.9 Å². The molecule has 1 unspecified atom stereocenters.